The van der Waals surface area contributed by atoms with E-state index in [0.29, 0.717) is 36.5 Å². The highest BCUT2D eigenvalue weighted by Crippen LogP contribution is 2.47. The van der Waals surface area contributed by atoms with Crippen LogP contribution < -0.4 is 0 Å². The van der Waals surface area contributed by atoms with Crippen LogP contribution >= 0.6 is 11.6 Å². The highest BCUT2D eigenvalue weighted by atomic mass is 35.5. The molecule has 1 N–H and O–H groups in total. The second-order valence-electron chi connectivity index (χ2n) is 6.59. The Morgan fingerprint density at radius 1 is 1.16 bits per heavy atom. The summed E-state index contributed by atoms with van der Waals surface area (Å²) in [6.45, 7) is 5.00. The number of amides is 1. The summed E-state index contributed by atoms with van der Waals surface area (Å²) < 4.78 is 0. The average molecular weight is 367 g/mol. The molecule has 0 saturated carbocycles. The molecule has 3 rings (SSSR count). The van der Waals surface area contributed by atoms with Gasteiger partial charge >= 0.3 is 0 Å². The van der Waals surface area contributed by atoms with Crippen LogP contribution in [0.5, 0.6) is 0 Å². The van der Waals surface area contributed by atoms with Crippen LogP contribution in [0.15, 0.2) is 17.9 Å². The Labute approximate surface area is 152 Å². The zero-order chi connectivity index (χ0) is 18.4. The SMILES string of the molecule is CON1CCC2(CC1)C(O)=C(c1c(C)cc(C)cc1Cl)C(=O)N2OC. The van der Waals surface area contributed by atoms with Crippen molar-refractivity contribution in [3.8, 4) is 0 Å². The van der Waals surface area contributed by atoms with E-state index in [1.807, 2.05) is 19.9 Å². The largest absolute Gasteiger partial charge is 0.509 e. The van der Waals surface area contributed by atoms with Crippen molar-refractivity contribution in [3.63, 3.8) is 0 Å². The van der Waals surface area contributed by atoms with E-state index in [2.05, 4.69) is 0 Å². The second-order valence-corrected chi connectivity index (χ2v) is 6.99. The third-order valence-electron chi connectivity index (χ3n) is 5.14. The molecule has 25 heavy (non-hydrogen) atoms. The monoisotopic (exact) mass is 366 g/mol. The lowest BCUT2D eigenvalue weighted by atomic mass is 9.85. The van der Waals surface area contributed by atoms with Crippen LogP contribution in [0.3, 0.4) is 0 Å². The number of aryl methyl sites for hydroxylation is 2. The lowest BCUT2D eigenvalue weighted by Gasteiger charge is -2.42. The summed E-state index contributed by atoms with van der Waals surface area (Å²) in [6.07, 6.45) is 1.02. The first kappa shape index (κ1) is 18.2. The zero-order valence-corrected chi connectivity index (χ0v) is 15.7. The molecule has 0 unspecified atom stereocenters. The Kier molecular flexibility index (Phi) is 4.81. The van der Waals surface area contributed by atoms with Gasteiger partial charge in [0.1, 0.15) is 11.3 Å². The van der Waals surface area contributed by atoms with Gasteiger partial charge in [0, 0.05) is 23.7 Å². The van der Waals surface area contributed by atoms with E-state index in [4.69, 9.17) is 21.3 Å². The molecule has 2 aliphatic rings. The maximum absolute atomic E-state index is 13.0. The molecule has 0 aromatic heterocycles. The smallest absolute Gasteiger partial charge is 0.282 e. The van der Waals surface area contributed by atoms with Gasteiger partial charge < -0.3 is 9.94 Å². The predicted octanol–water partition coefficient (Wildman–Crippen LogP) is 3.03. The van der Waals surface area contributed by atoms with Crippen molar-refractivity contribution >= 4 is 23.1 Å². The fourth-order valence-corrected chi connectivity index (χ4v) is 4.34. The second kappa shape index (κ2) is 6.61. The van der Waals surface area contributed by atoms with Crippen molar-refractivity contribution in [2.75, 3.05) is 27.3 Å². The maximum Gasteiger partial charge on any atom is 0.282 e. The van der Waals surface area contributed by atoms with Gasteiger partial charge in [0.15, 0.2) is 0 Å². The number of rotatable bonds is 3. The number of halogens is 1. The molecular weight excluding hydrogens is 344 g/mol. The summed E-state index contributed by atoms with van der Waals surface area (Å²) in [4.78, 5) is 23.7. The third kappa shape index (κ3) is 2.73. The van der Waals surface area contributed by atoms with Crippen LogP contribution in [-0.4, -0.2) is 54.0 Å². The molecule has 1 amide bonds. The Morgan fingerprint density at radius 3 is 2.32 bits per heavy atom. The number of hydrogen-bond donors (Lipinski definition) is 1. The minimum atomic E-state index is -0.878. The summed E-state index contributed by atoms with van der Waals surface area (Å²) in [7, 11) is 3.06. The Morgan fingerprint density at radius 2 is 1.80 bits per heavy atom. The number of benzene rings is 1. The summed E-state index contributed by atoms with van der Waals surface area (Å²) in [5.74, 6) is -0.330. The van der Waals surface area contributed by atoms with Crippen molar-refractivity contribution in [3.05, 3.63) is 39.6 Å². The maximum atomic E-state index is 13.0. The fraction of sp³-hybridized carbons (Fsp3) is 0.500. The van der Waals surface area contributed by atoms with Crippen molar-refractivity contribution in [2.45, 2.75) is 32.2 Å². The molecule has 1 saturated heterocycles. The van der Waals surface area contributed by atoms with E-state index in [9.17, 15) is 9.90 Å². The first-order chi connectivity index (χ1) is 11.9. The number of hydroxylamine groups is 4. The molecule has 136 valence electrons. The van der Waals surface area contributed by atoms with E-state index in [1.165, 1.54) is 12.2 Å². The van der Waals surface area contributed by atoms with Gasteiger partial charge in [-0.3, -0.25) is 9.63 Å². The highest BCUT2D eigenvalue weighted by molar-refractivity contribution is 6.35. The molecule has 6 nitrogen and oxygen atoms in total. The average Bonchev–Trinajstić information content (AvgIpc) is 2.76. The quantitative estimate of drug-likeness (QED) is 0.890. The van der Waals surface area contributed by atoms with Crippen molar-refractivity contribution in [1.29, 1.82) is 0 Å². The first-order valence-corrected chi connectivity index (χ1v) is 8.62. The van der Waals surface area contributed by atoms with Crippen LogP contribution in [0, 0.1) is 13.8 Å². The number of aliphatic hydroxyl groups is 1. The molecular formula is C18H23ClN2O4. The number of carbonyl (C=O) groups excluding carboxylic acids is 1. The lowest BCUT2D eigenvalue weighted by Crippen LogP contribution is -2.54. The standard InChI is InChI=1S/C18H23ClN2O4/c1-11-9-12(2)14(13(19)10-11)15-16(22)18(21(25-4)17(15)23)5-7-20(24-3)8-6-18/h9-10,22H,5-8H2,1-4H3. The Hall–Kier alpha value is -1.60. The van der Waals surface area contributed by atoms with Crippen LogP contribution in [0.25, 0.3) is 5.57 Å². The van der Waals surface area contributed by atoms with E-state index in [1.54, 1.807) is 18.2 Å². The number of nitrogens with zero attached hydrogens (tertiary/aromatic N) is 2. The fourth-order valence-electron chi connectivity index (χ4n) is 3.92. The summed E-state index contributed by atoms with van der Waals surface area (Å²) in [5.41, 5.74) is 1.78. The van der Waals surface area contributed by atoms with Gasteiger partial charge in [0.2, 0.25) is 0 Å². The molecule has 1 fully saturated rings. The van der Waals surface area contributed by atoms with Crippen molar-refractivity contribution < 1.29 is 19.6 Å². The summed E-state index contributed by atoms with van der Waals surface area (Å²) in [5, 5.41) is 14.6. The van der Waals surface area contributed by atoms with Crippen LogP contribution in [0.2, 0.25) is 5.02 Å². The van der Waals surface area contributed by atoms with Gasteiger partial charge in [-0.15, -0.1) is 0 Å². The van der Waals surface area contributed by atoms with Crippen LogP contribution in [0.1, 0.15) is 29.5 Å². The molecule has 2 aliphatic heterocycles. The molecule has 2 heterocycles. The number of aliphatic hydroxyl groups excluding tert-OH is 1. The van der Waals surface area contributed by atoms with Gasteiger partial charge in [0.05, 0.1) is 19.8 Å². The summed E-state index contributed by atoms with van der Waals surface area (Å²) >= 11 is 6.42. The van der Waals surface area contributed by atoms with Gasteiger partial charge in [-0.05, 0) is 43.9 Å². The molecule has 0 atom stereocenters. The van der Waals surface area contributed by atoms with Gasteiger partial charge in [-0.2, -0.15) is 5.06 Å². The third-order valence-corrected chi connectivity index (χ3v) is 5.43. The summed E-state index contributed by atoms with van der Waals surface area (Å²) in [6, 6.07) is 3.75. The molecule has 1 aromatic rings. The number of piperidine rings is 1. The topological polar surface area (TPSA) is 62.2 Å². The van der Waals surface area contributed by atoms with Crippen LogP contribution in [0.4, 0.5) is 0 Å². The minimum absolute atomic E-state index is 0.0314. The number of hydrogen-bond acceptors (Lipinski definition) is 5. The Balaban J connectivity index is 2.12. The minimum Gasteiger partial charge on any atom is -0.509 e. The van der Waals surface area contributed by atoms with Gasteiger partial charge in [-0.25, -0.2) is 5.06 Å². The Bertz CT molecular complexity index is 716. The van der Waals surface area contributed by atoms with E-state index >= 15 is 0 Å². The molecule has 0 aliphatic carbocycles. The highest BCUT2D eigenvalue weighted by Gasteiger charge is 2.55. The van der Waals surface area contributed by atoms with E-state index in [-0.39, 0.29) is 17.2 Å². The lowest BCUT2D eigenvalue weighted by molar-refractivity contribution is -0.221. The van der Waals surface area contributed by atoms with Crippen molar-refractivity contribution in [1.82, 2.24) is 10.1 Å². The van der Waals surface area contributed by atoms with Gasteiger partial charge in [0.25, 0.3) is 5.91 Å². The molecule has 0 bridgehead atoms. The normalized spacial score (nSPS) is 20.8. The molecule has 0 radical (unpaired) electrons. The predicted molar refractivity (Wildman–Crippen MR) is 94.9 cm³/mol. The molecule has 1 aromatic carbocycles. The van der Waals surface area contributed by atoms with Crippen LogP contribution in [-0.2, 0) is 14.5 Å². The van der Waals surface area contributed by atoms with Gasteiger partial charge in [-0.1, -0.05) is 17.7 Å². The first-order valence-electron chi connectivity index (χ1n) is 8.24. The van der Waals surface area contributed by atoms with E-state index < -0.39 is 5.54 Å². The zero-order valence-electron chi connectivity index (χ0n) is 14.9. The van der Waals surface area contributed by atoms with E-state index in [0.717, 1.165) is 11.1 Å². The van der Waals surface area contributed by atoms with Crippen molar-refractivity contribution in [2.24, 2.45) is 0 Å². The molecule has 1 spiro atoms. The molecule has 7 heteroatoms. The number of carbonyl (C=O) groups is 1.